The SMILES string of the molecule is C[C@@H](Oc1cc(NS(=O)(=O)N2CCN(c3ccncc3)CC2)nc(SCc2cccc(F)c2F)n1)C(=O)O. The zero-order valence-corrected chi connectivity index (χ0v) is 21.8. The lowest BCUT2D eigenvalue weighted by molar-refractivity contribution is -0.144. The molecule has 4 rings (SSSR count). The second kappa shape index (κ2) is 11.9. The normalized spacial score (nSPS) is 15.2. The minimum atomic E-state index is -4.04. The van der Waals surface area contributed by atoms with Crippen molar-refractivity contribution >= 4 is 39.4 Å². The summed E-state index contributed by atoms with van der Waals surface area (Å²) in [4.78, 5) is 25.5. The topological polar surface area (TPSA) is 138 Å². The number of aromatic nitrogens is 3. The molecule has 1 aliphatic heterocycles. The Bertz CT molecular complexity index is 1390. The number of anilines is 2. The first-order valence-electron chi connectivity index (χ1n) is 11.4. The molecule has 2 N–H and O–H groups in total. The highest BCUT2D eigenvalue weighted by Crippen LogP contribution is 2.27. The van der Waals surface area contributed by atoms with Crippen molar-refractivity contribution in [2.24, 2.45) is 0 Å². The van der Waals surface area contributed by atoms with Crippen molar-refractivity contribution in [1.82, 2.24) is 19.3 Å². The number of thioether (sulfide) groups is 1. The standard InChI is InChI=1S/C23H24F2N6O5S2/c1-15(22(32)33)36-20-13-19(27-23(28-20)37-14-16-3-2-4-18(24)21(16)25)29-38(34,35)31-11-9-30(10-12-31)17-5-7-26-8-6-17/h2-8,13,15H,9-12,14H2,1H3,(H,32,33)(H,27,28,29)/t15-/m1/s1. The molecule has 15 heteroatoms. The summed E-state index contributed by atoms with van der Waals surface area (Å²) in [6.07, 6.45) is 2.05. The van der Waals surface area contributed by atoms with E-state index in [1.165, 1.54) is 23.4 Å². The number of halogens is 2. The van der Waals surface area contributed by atoms with Crippen LogP contribution in [0.2, 0.25) is 0 Å². The molecule has 1 saturated heterocycles. The van der Waals surface area contributed by atoms with Gasteiger partial charge in [-0.2, -0.15) is 17.7 Å². The van der Waals surface area contributed by atoms with E-state index in [4.69, 9.17) is 4.74 Å². The number of carboxylic acids is 1. The van der Waals surface area contributed by atoms with E-state index < -0.39 is 33.9 Å². The number of carboxylic acid groups (broad SMARTS) is 1. The average Bonchev–Trinajstić information content (AvgIpc) is 2.89. The Morgan fingerprint density at radius 3 is 2.55 bits per heavy atom. The molecule has 1 aromatic carbocycles. The summed E-state index contributed by atoms with van der Waals surface area (Å²) in [5, 5.41) is 9.15. The molecule has 11 nitrogen and oxygen atoms in total. The maximum absolute atomic E-state index is 14.1. The van der Waals surface area contributed by atoms with Gasteiger partial charge in [0, 0.05) is 61.6 Å². The second-order valence-electron chi connectivity index (χ2n) is 8.17. The van der Waals surface area contributed by atoms with Gasteiger partial charge >= 0.3 is 16.2 Å². The van der Waals surface area contributed by atoms with Crippen molar-refractivity contribution in [3.63, 3.8) is 0 Å². The first-order chi connectivity index (χ1) is 18.1. The Morgan fingerprint density at radius 1 is 1.16 bits per heavy atom. The molecular weight excluding hydrogens is 542 g/mol. The first kappa shape index (κ1) is 27.5. The van der Waals surface area contributed by atoms with Gasteiger partial charge in [-0.1, -0.05) is 23.9 Å². The van der Waals surface area contributed by atoms with Gasteiger partial charge in [0.1, 0.15) is 5.82 Å². The van der Waals surface area contributed by atoms with Crippen molar-refractivity contribution in [2.45, 2.75) is 23.9 Å². The number of ether oxygens (including phenoxy) is 1. The molecule has 0 unspecified atom stereocenters. The summed E-state index contributed by atoms with van der Waals surface area (Å²) < 4.78 is 62.8. The van der Waals surface area contributed by atoms with Crippen molar-refractivity contribution in [3.8, 4) is 5.88 Å². The van der Waals surface area contributed by atoms with E-state index in [9.17, 15) is 27.1 Å². The van der Waals surface area contributed by atoms with Crippen LogP contribution in [0, 0.1) is 11.6 Å². The molecule has 0 radical (unpaired) electrons. The molecule has 0 saturated carbocycles. The van der Waals surface area contributed by atoms with Gasteiger partial charge in [-0.3, -0.25) is 9.71 Å². The summed E-state index contributed by atoms with van der Waals surface area (Å²) in [6.45, 7) is 2.62. The largest absolute Gasteiger partial charge is 0.479 e. The van der Waals surface area contributed by atoms with E-state index in [1.807, 2.05) is 17.0 Å². The Kier molecular flexibility index (Phi) is 8.58. The van der Waals surface area contributed by atoms with Crippen LogP contribution in [0.3, 0.4) is 0 Å². The van der Waals surface area contributed by atoms with Crippen molar-refractivity contribution < 1.29 is 31.8 Å². The Balaban J connectivity index is 1.50. The fraction of sp³-hybridized carbons (Fsp3) is 0.304. The van der Waals surface area contributed by atoms with Crippen LogP contribution >= 0.6 is 11.8 Å². The number of nitrogens with zero attached hydrogens (tertiary/aromatic N) is 5. The average molecular weight is 567 g/mol. The highest BCUT2D eigenvalue weighted by Gasteiger charge is 2.28. The fourth-order valence-electron chi connectivity index (χ4n) is 3.55. The van der Waals surface area contributed by atoms with E-state index in [1.54, 1.807) is 12.4 Å². The number of hydrogen-bond acceptors (Lipinski definition) is 9. The van der Waals surface area contributed by atoms with Crippen LogP contribution < -0.4 is 14.4 Å². The predicted octanol–water partition coefficient (Wildman–Crippen LogP) is 2.77. The van der Waals surface area contributed by atoms with Crippen molar-refractivity contribution in [3.05, 3.63) is 66.0 Å². The number of piperazine rings is 1. The summed E-state index contributed by atoms with van der Waals surface area (Å²) >= 11 is 0.903. The van der Waals surface area contributed by atoms with Gasteiger partial charge < -0.3 is 14.7 Å². The second-order valence-corrected chi connectivity index (χ2v) is 10.8. The molecule has 1 fully saturated rings. The zero-order chi connectivity index (χ0) is 27.3. The molecule has 0 amide bonds. The van der Waals surface area contributed by atoms with Gasteiger partial charge in [0.2, 0.25) is 5.88 Å². The van der Waals surface area contributed by atoms with Crippen molar-refractivity contribution in [1.29, 1.82) is 0 Å². The Morgan fingerprint density at radius 2 is 1.87 bits per heavy atom. The Labute approximate surface area is 222 Å². The zero-order valence-electron chi connectivity index (χ0n) is 20.1. The molecule has 202 valence electrons. The van der Waals surface area contributed by atoms with Crippen LogP contribution in [-0.4, -0.2) is 71.0 Å². The lowest BCUT2D eigenvalue weighted by Crippen LogP contribution is -2.50. The highest BCUT2D eigenvalue weighted by molar-refractivity contribution is 7.98. The van der Waals surface area contributed by atoms with E-state index in [-0.39, 0.29) is 41.3 Å². The number of benzene rings is 1. The minimum absolute atomic E-state index is 0.0241. The van der Waals surface area contributed by atoms with Crippen molar-refractivity contribution in [2.75, 3.05) is 35.8 Å². The van der Waals surface area contributed by atoms with Gasteiger partial charge in [0.15, 0.2) is 22.9 Å². The predicted molar refractivity (Wildman–Crippen MR) is 136 cm³/mol. The van der Waals surface area contributed by atoms with E-state index in [2.05, 4.69) is 19.7 Å². The molecule has 3 heterocycles. The maximum Gasteiger partial charge on any atom is 0.344 e. The van der Waals surface area contributed by atoms with Crippen LogP contribution in [0.25, 0.3) is 0 Å². The number of carbonyl (C=O) groups is 1. The molecule has 0 spiro atoms. The van der Waals surface area contributed by atoms with Crippen LogP contribution in [0.5, 0.6) is 5.88 Å². The highest BCUT2D eigenvalue weighted by atomic mass is 32.2. The quantitative estimate of drug-likeness (QED) is 0.278. The van der Waals surface area contributed by atoms with E-state index in [0.717, 1.165) is 29.6 Å². The van der Waals surface area contributed by atoms with Gasteiger partial charge in [-0.05, 0) is 25.1 Å². The number of pyridine rings is 1. The summed E-state index contributed by atoms with van der Waals surface area (Å²) in [7, 11) is -4.04. The first-order valence-corrected chi connectivity index (χ1v) is 13.8. The molecule has 1 aliphatic rings. The lowest BCUT2D eigenvalue weighted by atomic mass is 10.2. The van der Waals surface area contributed by atoms with Gasteiger partial charge in [0.05, 0.1) is 0 Å². The van der Waals surface area contributed by atoms with Crippen LogP contribution in [0.4, 0.5) is 20.3 Å². The lowest BCUT2D eigenvalue weighted by Gasteiger charge is -2.35. The van der Waals surface area contributed by atoms with Gasteiger partial charge in [-0.15, -0.1) is 0 Å². The summed E-state index contributed by atoms with van der Waals surface area (Å²) in [5.74, 6) is -3.70. The molecule has 38 heavy (non-hydrogen) atoms. The number of hydrogen-bond donors (Lipinski definition) is 2. The monoisotopic (exact) mass is 566 g/mol. The molecule has 0 aliphatic carbocycles. The molecule has 3 aromatic rings. The molecule has 1 atom stereocenters. The summed E-state index contributed by atoms with van der Waals surface area (Å²) in [6, 6.07) is 8.60. The van der Waals surface area contributed by atoms with Crippen LogP contribution in [0.15, 0.2) is 53.9 Å². The third kappa shape index (κ3) is 6.85. The van der Waals surface area contributed by atoms with Crippen LogP contribution in [-0.2, 0) is 20.8 Å². The third-order valence-corrected chi connectivity index (χ3v) is 7.96. The number of nitrogens with one attached hydrogen (secondary N) is 1. The van der Waals surface area contributed by atoms with Crippen LogP contribution in [0.1, 0.15) is 12.5 Å². The fourth-order valence-corrected chi connectivity index (χ4v) is 5.52. The smallest absolute Gasteiger partial charge is 0.344 e. The molecular formula is C23H24F2N6O5S2. The summed E-state index contributed by atoms with van der Waals surface area (Å²) in [5.41, 5.74) is 0.990. The minimum Gasteiger partial charge on any atom is -0.479 e. The van der Waals surface area contributed by atoms with Gasteiger partial charge in [-0.25, -0.2) is 18.6 Å². The maximum atomic E-state index is 14.1. The number of rotatable bonds is 10. The number of aliphatic carboxylic acids is 1. The molecule has 0 bridgehead atoms. The third-order valence-electron chi connectivity index (χ3n) is 5.56. The van der Waals surface area contributed by atoms with E-state index in [0.29, 0.717) is 13.1 Å². The molecule has 2 aromatic heterocycles. The Hall–Kier alpha value is -3.56. The van der Waals surface area contributed by atoms with E-state index >= 15 is 0 Å². The van der Waals surface area contributed by atoms with Gasteiger partial charge in [0.25, 0.3) is 0 Å².